The van der Waals surface area contributed by atoms with Crippen molar-refractivity contribution in [3.05, 3.63) is 59.2 Å². The van der Waals surface area contributed by atoms with Gasteiger partial charge in [0.05, 0.1) is 0 Å². The molecule has 0 N–H and O–H groups in total. The van der Waals surface area contributed by atoms with Gasteiger partial charge in [-0.1, -0.05) is 53.6 Å². The zero-order valence-electron chi connectivity index (χ0n) is 11.7. The van der Waals surface area contributed by atoms with Crippen LogP contribution in [0.15, 0.2) is 42.5 Å². The Labute approximate surface area is 110 Å². The van der Waals surface area contributed by atoms with Gasteiger partial charge in [0, 0.05) is 6.54 Å². The van der Waals surface area contributed by atoms with Crippen LogP contribution >= 0.6 is 0 Å². The molecule has 0 aliphatic rings. The van der Waals surface area contributed by atoms with Gasteiger partial charge < -0.3 is 4.90 Å². The fourth-order valence-electron chi connectivity index (χ4n) is 2.31. The van der Waals surface area contributed by atoms with Gasteiger partial charge in [0.25, 0.3) is 0 Å². The van der Waals surface area contributed by atoms with Gasteiger partial charge in [0.1, 0.15) is 0 Å². The Morgan fingerprint density at radius 3 is 1.83 bits per heavy atom. The van der Waals surface area contributed by atoms with Gasteiger partial charge in [-0.25, -0.2) is 0 Å². The molecule has 0 atom stereocenters. The molecule has 2 aromatic rings. The van der Waals surface area contributed by atoms with E-state index in [0.29, 0.717) is 0 Å². The molecule has 0 fully saturated rings. The molecule has 0 radical (unpaired) electrons. The van der Waals surface area contributed by atoms with Crippen LogP contribution in [0.25, 0.3) is 11.1 Å². The van der Waals surface area contributed by atoms with Crippen molar-refractivity contribution >= 4 is 0 Å². The summed E-state index contributed by atoms with van der Waals surface area (Å²) in [5.41, 5.74) is 6.60. The quantitative estimate of drug-likeness (QED) is 0.781. The molecule has 0 bridgehead atoms. The van der Waals surface area contributed by atoms with Crippen LogP contribution in [0.3, 0.4) is 0 Å². The summed E-state index contributed by atoms with van der Waals surface area (Å²) in [4.78, 5) is 2.19. The van der Waals surface area contributed by atoms with Gasteiger partial charge in [0.2, 0.25) is 0 Å². The molecule has 94 valence electrons. The lowest BCUT2D eigenvalue weighted by atomic mass is 10.00. The van der Waals surface area contributed by atoms with E-state index in [1.807, 2.05) is 0 Å². The maximum absolute atomic E-state index is 2.24. The van der Waals surface area contributed by atoms with Crippen molar-refractivity contribution in [2.24, 2.45) is 0 Å². The van der Waals surface area contributed by atoms with Crippen LogP contribution in [0.5, 0.6) is 0 Å². The van der Waals surface area contributed by atoms with Crippen molar-refractivity contribution < 1.29 is 0 Å². The Balaban J connectivity index is 2.28. The van der Waals surface area contributed by atoms with Gasteiger partial charge in [-0.3, -0.25) is 0 Å². The minimum absolute atomic E-state index is 0.993. The first-order valence-electron chi connectivity index (χ1n) is 6.37. The Morgan fingerprint density at radius 2 is 1.33 bits per heavy atom. The molecule has 2 rings (SSSR count). The fraction of sp³-hybridized carbons (Fsp3) is 0.294. The minimum Gasteiger partial charge on any atom is -0.305 e. The summed E-state index contributed by atoms with van der Waals surface area (Å²) in [6.07, 6.45) is 0. The summed E-state index contributed by atoms with van der Waals surface area (Å²) >= 11 is 0. The zero-order valence-corrected chi connectivity index (χ0v) is 11.7. The average molecular weight is 239 g/mol. The summed E-state index contributed by atoms with van der Waals surface area (Å²) in [6.45, 7) is 5.29. The van der Waals surface area contributed by atoms with E-state index < -0.39 is 0 Å². The highest BCUT2D eigenvalue weighted by Gasteiger charge is 2.01. The lowest BCUT2D eigenvalue weighted by Crippen LogP contribution is -2.10. The first-order valence-corrected chi connectivity index (χ1v) is 6.37. The van der Waals surface area contributed by atoms with E-state index in [1.165, 1.54) is 27.8 Å². The molecule has 0 spiro atoms. The summed E-state index contributed by atoms with van der Waals surface area (Å²) in [5, 5.41) is 0. The first kappa shape index (κ1) is 12.8. The molecule has 0 heterocycles. The van der Waals surface area contributed by atoms with Crippen LogP contribution in [-0.4, -0.2) is 19.0 Å². The van der Waals surface area contributed by atoms with Gasteiger partial charge in [-0.05, 0) is 44.6 Å². The maximum atomic E-state index is 2.24. The topological polar surface area (TPSA) is 3.24 Å². The van der Waals surface area contributed by atoms with E-state index in [9.17, 15) is 0 Å². The molecule has 0 saturated heterocycles. The molecule has 0 unspecified atom stereocenters. The molecule has 1 heteroatoms. The lowest BCUT2D eigenvalue weighted by molar-refractivity contribution is 0.402. The predicted molar refractivity (Wildman–Crippen MR) is 78.7 cm³/mol. The highest BCUT2D eigenvalue weighted by molar-refractivity contribution is 5.65. The van der Waals surface area contributed by atoms with Crippen molar-refractivity contribution in [3.63, 3.8) is 0 Å². The summed E-state index contributed by atoms with van der Waals surface area (Å²) in [7, 11) is 4.19. The fourth-order valence-corrected chi connectivity index (χ4v) is 2.31. The van der Waals surface area contributed by atoms with Crippen LogP contribution < -0.4 is 0 Å². The average Bonchev–Trinajstić information content (AvgIpc) is 2.27. The molecule has 0 aromatic heterocycles. The lowest BCUT2D eigenvalue weighted by Gasteiger charge is -2.10. The van der Waals surface area contributed by atoms with E-state index in [-0.39, 0.29) is 0 Å². The zero-order chi connectivity index (χ0) is 13.1. The van der Waals surface area contributed by atoms with Crippen molar-refractivity contribution in [3.8, 4) is 11.1 Å². The van der Waals surface area contributed by atoms with E-state index in [0.717, 1.165) is 6.54 Å². The van der Waals surface area contributed by atoms with Crippen molar-refractivity contribution in [1.29, 1.82) is 0 Å². The van der Waals surface area contributed by atoms with Gasteiger partial charge in [-0.2, -0.15) is 0 Å². The Hall–Kier alpha value is -1.60. The summed E-state index contributed by atoms with van der Waals surface area (Å²) < 4.78 is 0. The van der Waals surface area contributed by atoms with Crippen molar-refractivity contribution in [2.45, 2.75) is 20.4 Å². The second-order valence-corrected chi connectivity index (χ2v) is 5.31. The number of rotatable bonds is 3. The second kappa shape index (κ2) is 5.36. The molecule has 0 saturated carbocycles. The van der Waals surface area contributed by atoms with Crippen molar-refractivity contribution in [1.82, 2.24) is 4.90 Å². The Kier molecular flexibility index (Phi) is 3.83. The standard InChI is InChI=1S/C17H21N/c1-13-9-14(2)11-17(10-13)16-7-5-15(6-8-16)12-18(3)4/h5-11H,12H2,1-4H3. The molecular formula is C17H21N. The van der Waals surface area contributed by atoms with Crippen LogP contribution in [0.2, 0.25) is 0 Å². The SMILES string of the molecule is Cc1cc(C)cc(-c2ccc(CN(C)C)cc2)c1. The molecule has 0 aliphatic heterocycles. The minimum atomic E-state index is 0.993. The normalized spacial score (nSPS) is 10.9. The third-order valence-corrected chi connectivity index (χ3v) is 3.01. The molecule has 0 amide bonds. The number of nitrogens with zero attached hydrogens (tertiary/aromatic N) is 1. The number of aryl methyl sites for hydroxylation is 2. The van der Waals surface area contributed by atoms with Crippen LogP contribution in [0.4, 0.5) is 0 Å². The van der Waals surface area contributed by atoms with Crippen LogP contribution in [0.1, 0.15) is 16.7 Å². The van der Waals surface area contributed by atoms with Crippen molar-refractivity contribution in [2.75, 3.05) is 14.1 Å². The smallest absolute Gasteiger partial charge is 0.0227 e. The van der Waals surface area contributed by atoms with Gasteiger partial charge in [-0.15, -0.1) is 0 Å². The number of hydrogen-bond acceptors (Lipinski definition) is 1. The predicted octanol–water partition coefficient (Wildman–Crippen LogP) is 4.03. The molecule has 18 heavy (non-hydrogen) atoms. The van der Waals surface area contributed by atoms with Crippen LogP contribution in [0, 0.1) is 13.8 Å². The largest absolute Gasteiger partial charge is 0.305 e. The first-order chi connectivity index (χ1) is 8.54. The third-order valence-electron chi connectivity index (χ3n) is 3.01. The molecule has 0 aliphatic carbocycles. The maximum Gasteiger partial charge on any atom is 0.0227 e. The van der Waals surface area contributed by atoms with E-state index in [2.05, 4.69) is 75.3 Å². The summed E-state index contributed by atoms with van der Waals surface area (Å²) in [5.74, 6) is 0. The number of hydrogen-bond donors (Lipinski definition) is 0. The second-order valence-electron chi connectivity index (χ2n) is 5.31. The highest BCUT2D eigenvalue weighted by atomic mass is 15.0. The van der Waals surface area contributed by atoms with E-state index in [4.69, 9.17) is 0 Å². The van der Waals surface area contributed by atoms with E-state index >= 15 is 0 Å². The highest BCUT2D eigenvalue weighted by Crippen LogP contribution is 2.22. The van der Waals surface area contributed by atoms with Gasteiger partial charge >= 0.3 is 0 Å². The van der Waals surface area contributed by atoms with Gasteiger partial charge in [0.15, 0.2) is 0 Å². The number of benzene rings is 2. The molecular weight excluding hydrogens is 218 g/mol. The van der Waals surface area contributed by atoms with E-state index in [1.54, 1.807) is 0 Å². The van der Waals surface area contributed by atoms with Crippen LogP contribution in [-0.2, 0) is 6.54 Å². The Morgan fingerprint density at radius 1 is 0.778 bits per heavy atom. The Bertz CT molecular complexity index is 504. The monoisotopic (exact) mass is 239 g/mol. The molecule has 1 nitrogen and oxygen atoms in total. The summed E-state index contributed by atoms with van der Waals surface area (Å²) in [6, 6.07) is 15.6. The molecule has 2 aromatic carbocycles. The third kappa shape index (κ3) is 3.21.